The zero-order valence-corrected chi connectivity index (χ0v) is 16.6. The average Bonchev–Trinajstić information content (AvgIpc) is 2.97. The Bertz CT molecular complexity index is 861. The molecule has 3 unspecified atom stereocenters. The number of rotatable bonds is 4. The molecule has 1 amide bonds. The highest BCUT2D eigenvalue weighted by Gasteiger charge is 2.51. The molecule has 3 aliphatic rings. The SMILES string of the molecule is COc1ccc(C2C3=C(OC4CCCCC4C3=O)C(=O)N2C)c(OC)c1OC. The largest absolute Gasteiger partial charge is 0.493 e. The summed E-state index contributed by atoms with van der Waals surface area (Å²) in [5, 5.41) is 0. The molecule has 0 bridgehead atoms. The molecule has 1 aliphatic carbocycles. The molecule has 1 fully saturated rings. The Balaban J connectivity index is 1.85. The summed E-state index contributed by atoms with van der Waals surface area (Å²) in [6.07, 6.45) is 3.45. The minimum atomic E-state index is -0.576. The fourth-order valence-corrected chi connectivity index (χ4v) is 4.66. The van der Waals surface area contributed by atoms with E-state index in [4.69, 9.17) is 18.9 Å². The summed E-state index contributed by atoms with van der Waals surface area (Å²) in [6, 6.07) is 2.99. The molecule has 0 aromatic heterocycles. The van der Waals surface area contributed by atoms with Crippen LogP contribution in [0.4, 0.5) is 0 Å². The summed E-state index contributed by atoms with van der Waals surface area (Å²) in [7, 11) is 6.29. The molecule has 2 heterocycles. The van der Waals surface area contributed by atoms with Gasteiger partial charge in [0.05, 0.1) is 38.9 Å². The van der Waals surface area contributed by atoms with Gasteiger partial charge in [0, 0.05) is 12.6 Å². The van der Waals surface area contributed by atoms with E-state index in [9.17, 15) is 9.59 Å². The minimum Gasteiger partial charge on any atom is -0.493 e. The summed E-state index contributed by atoms with van der Waals surface area (Å²) < 4.78 is 22.5. The van der Waals surface area contributed by atoms with E-state index in [0.29, 0.717) is 28.4 Å². The third-order valence-electron chi connectivity index (χ3n) is 6.02. The lowest BCUT2D eigenvalue weighted by Gasteiger charge is -2.35. The second-order valence-electron chi connectivity index (χ2n) is 7.40. The van der Waals surface area contributed by atoms with Crippen molar-refractivity contribution in [3.63, 3.8) is 0 Å². The van der Waals surface area contributed by atoms with E-state index in [1.165, 1.54) is 14.2 Å². The first-order chi connectivity index (χ1) is 13.5. The smallest absolute Gasteiger partial charge is 0.289 e. The lowest BCUT2D eigenvalue weighted by Crippen LogP contribution is -2.39. The van der Waals surface area contributed by atoms with Crippen LogP contribution in [0.25, 0.3) is 0 Å². The molecule has 1 saturated carbocycles. The quantitative estimate of drug-likeness (QED) is 0.791. The van der Waals surface area contributed by atoms with Crippen molar-refractivity contribution in [2.24, 2.45) is 5.92 Å². The van der Waals surface area contributed by atoms with Crippen molar-refractivity contribution in [3.05, 3.63) is 29.0 Å². The number of Topliss-reactive ketones (excluding diaryl/α,β-unsaturated/α-hetero) is 1. The monoisotopic (exact) mass is 387 g/mol. The molecule has 28 heavy (non-hydrogen) atoms. The lowest BCUT2D eigenvalue weighted by atomic mass is 9.77. The topological polar surface area (TPSA) is 74.3 Å². The summed E-state index contributed by atoms with van der Waals surface area (Å²) >= 11 is 0. The molecule has 7 nitrogen and oxygen atoms in total. The molecule has 2 aliphatic heterocycles. The van der Waals surface area contributed by atoms with E-state index in [1.54, 1.807) is 25.1 Å². The van der Waals surface area contributed by atoms with Crippen LogP contribution in [0.3, 0.4) is 0 Å². The van der Waals surface area contributed by atoms with Crippen LogP contribution in [0.1, 0.15) is 37.3 Å². The Labute approximate surface area is 164 Å². The van der Waals surface area contributed by atoms with E-state index in [0.717, 1.165) is 25.7 Å². The number of likely N-dealkylation sites (N-methyl/N-ethyl adjacent to an activating group) is 1. The Kier molecular flexibility index (Phi) is 4.69. The molecule has 1 aromatic carbocycles. The maximum Gasteiger partial charge on any atom is 0.289 e. The number of carbonyl (C=O) groups is 2. The molecule has 3 atom stereocenters. The van der Waals surface area contributed by atoms with Gasteiger partial charge in [-0.1, -0.05) is 6.42 Å². The van der Waals surface area contributed by atoms with Crippen LogP contribution in [0.5, 0.6) is 17.2 Å². The Hall–Kier alpha value is -2.70. The van der Waals surface area contributed by atoms with Crippen LogP contribution < -0.4 is 14.2 Å². The van der Waals surface area contributed by atoms with Crippen molar-refractivity contribution in [1.82, 2.24) is 4.90 Å². The normalized spacial score (nSPS) is 26.6. The highest BCUT2D eigenvalue weighted by Crippen LogP contribution is 2.51. The van der Waals surface area contributed by atoms with E-state index < -0.39 is 6.04 Å². The third-order valence-corrected chi connectivity index (χ3v) is 6.02. The Morgan fingerprint density at radius 2 is 1.71 bits per heavy atom. The molecule has 0 spiro atoms. The number of hydrogen-bond donors (Lipinski definition) is 0. The van der Waals surface area contributed by atoms with Crippen LogP contribution >= 0.6 is 0 Å². The fourth-order valence-electron chi connectivity index (χ4n) is 4.66. The molecule has 7 heteroatoms. The van der Waals surface area contributed by atoms with Crippen LogP contribution in [0.15, 0.2) is 23.5 Å². The molecule has 4 rings (SSSR count). The number of fused-ring (bicyclic) bond motifs is 1. The van der Waals surface area contributed by atoms with Gasteiger partial charge in [-0.25, -0.2) is 0 Å². The van der Waals surface area contributed by atoms with Gasteiger partial charge in [-0.15, -0.1) is 0 Å². The fraction of sp³-hybridized carbons (Fsp3) is 0.524. The van der Waals surface area contributed by atoms with E-state index in [2.05, 4.69) is 0 Å². The van der Waals surface area contributed by atoms with E-state index >= 15 is 0 Å². The number of methoxy groups -OCH3 is 3. The number of carbonyl (C=O) groups excluding carboxylic acids is 2. The predicted octanol–water partition coefficient (Wildman–Crippen LogP) is 2.64. The highest BCUT2D eigenvalue weighted by atomic mass is 16.5. The highest BCUT2D eigenvalue weighted by molar-refractivity contribution is 6.11. The predicted molar refractivity (Wildman–Crippen MR) is 100 cm³/mol. The van der Waals surface area contributed by atoms with Gasteiger partial charge < -0.3 is 23.8 Å². The van der Waals surface area contributed by atoms with Gasteiger partial charge in [0.25, 0.3) is 5.91 Å². The molecule has 150 valence electrons. The second kappa shape index (κ2) is 7.04. The number of nitrogens with zero attached hydrogens (tertiary/aromatic N) is 1. The molecule has 0 saturated heterocycles. The Morgan fingerprint density at radius 1 is 1.00 bits per heavy atom. The number of hydrogen-bond acceptors (Lipinski definition) is 6. The number of ether oxygens (including phenoxy) is 4. The number of benzene rings is 1. The first-order valence-electron chi connectivity index (χ1n) is 9.54. The van der Waals surface area contributed by atoms with Gasteiger partial charge in [-0.3, -0.25) is 9.59 Å². The van der Waals surface area contributed by atoms with Crippen LogP contribution in [-0.4, -0.2) is 51.1 Å². The molecule has 0 N–H and O–H groups in total. The van der Waals surface area contributed by atoms with Crippen LogP contribution in [0.2, 0.25) is 0 Å². The van der Waals surface area contributed by atoms with Gasteiger partial charge >= 0.3 is 0 Å². The lowest BCUT2D eigenvalue weighted by molar-refractivity contribution is -0.134. The minimum absolute atomic E-state index is 0.0190. The summed E-state index contributed by atoms with van der Waals surface area (Å²) in [5.74, 6) is 1.15. The first-order valence-corrected chi connectivity index (χ1v) is 9.54. The number of amides is 1. The molecular weight excluding hydrogens is 362 g/mol. The zero-order valence-electron chi connectivity index (χ0n) is 16.6. The third kappa shape index (κ3) is 2.56. The van der Waals surface area contributed by atoms with Crippen LogP contribution in [0, 0.1) is 5.92 Å². The van der Waals surface area contributed by atoms with Crippen molar-refractivity contribution in [3.8, 4) is 17.2 Å². The van der Waals surface area contributed by atoms with Crippen molar-refractivity contribution in [1.29, 1.82) is 0 Å². The van der Waals surface area contributed by atoms with Gasteiger partial charge in [0.1, 0.15) is 6.10 Å². The molecule has 0 radical (unpaired) electrons. The van der Waals surface area contributed by atoms with Gasteiger partial charge in [0.15, 0.2) is 23.0 Å². The summed E-state index contributed by atoms with van der Waals surface area (Å²) in [4.78, 5) is 27.8. The summed E-state index contributed by atoms with van der Waals surface area (Å²) in [5.41, 5.74) is 1.10. The maximum atomic E-state index is 13.4. The standard InChI is InChI=1S/C21H25NO6/c1-22-16(12-9-10-14(25-2)19(27-4)18(12)26-3)15-17(23)11-7-5-6-8-13(11)28-20(15)21(22)24/h9-11,13,16H,5-8H2,1-4H3. The second-order valence-corrected chi connectivity index (χ2v) is 7.40. The number of ketones is 1. The van der Waals surface area contributed by atoms with Crippen molar-refractivity contribution < 1.29 is 28.5 Å². The Morgan fingerprint density at radius 3 is 2.39 bits per heavy atom. The summed E-state index contributed by atoms with van der Waals surface area (Å²) in [6.45, 7) is 0. The van der Waals surface area contributed by atoms with Gasteiger partial charge in [-0.05, 0) is 31.4 Å². The van der Waals surface area contributed by atoms with Gasteiger partial charge in [-0.2, -0.15) is 0 Å². The van der Waals surface area contributed by atoms with Crippen molar-refractivity contribution >= 4 is 11.7 Å². The van der Waals surface area contributed by atoms with Crippen molar-refractivity contribution in [2.75, 3.05) is 28.4 Å². The molecular formula is C21H25NO6. The van der Waals surface area contributed by atoms with E-state index in [-0.39, 0.29) is 29.5 Å². The maximum absolute atomic E-state index is 13.4. The average molecular weight is 387 g/mol. The van der Waals surface area contributed by atoms with Gasteiger partial charge in [0.2, 0.25) is 5.75 Å². The molecule has 1 aromatic rings. The van der Waals surface area contributed by atoms with Crippen molar-refractivity contribution in [2.45, 2.75) is 37.8 Å². The van der Waals surface area contributed by atoms with E-state index in [1.807, 2.05) is 6.07 Å². The van der Waals surface area contributed by atoms with Crippen LogP contribution in [-0.2, 0) is 14.3 Å². The zero-order chi connectivity index (χ0) is 20.0. The first kappa shape index (κ1) is 18.7.